The molecule has 1 aromatic rings. The summed E-state index contributed by atoms with van der Waals surface area (Å²) in [4.78, 5) is 0. The molecule has 3 aliphatic carbocycles. The number of rotatable bonds is 3. The molecule has 2 heteroatoms. The molecule has 1 atom stereocenters. The van der Waals surface area contributed by atoms with E-state index in [1.807, 2.05) is 0 Å². The molecular weight excluding hydrogens is 258 g/mol. The quantitative estimate of drug-likeness (QED) is 0.910. The average molecular weight is 285 g/mol. The van der Waals surface area contributed by atoms with Crippen LogP contribution in [0.3, 0.4) is 0 Å². The molecule has 114 valence electrons. The second-order valence-electron chi connectivity index (χ2n) is 7.52. The third kappa shape index (κ3) is 2.83. The lowest BCUT2D eigenvalue weighted by Gasteiger charge is -2.34. The van der Waals surface area contributed by atoms with E-state index in [1.165, 1.54) is 68.9 Å². The highest BCUT2D eigenvalue weighted by Crippen LogP contribution is 2.56. The molecule has 2 saturated carbocycles. The van der Waals surface area contributed by atoms with Gasteiger partial charge in [-0.2, -0.15) is 0 Å². The maximum atomic E-state index is 5.34. The van der Waals surface area contributed by atoms with Gasteiger partial charge in [0.15, 0.2) is 0 Å². The summed E-state index contributed by atoms with van der Waals surface area (Å²) in [6.07, 6.45) is 12.5. The van der Waals surface area contributed by atoms with Crippen LogP contribution in [0, 0.1) is 5.41 Å². The number of ether oxygens (including phenoxy) is 1. The first-order chi connectivity index (χ1) is 10.3. The fourth-order valence-electron chi connectivity index (χ4n) is 4.41. The first-order valence-electron chi connectivity index (χ1n) is 8.68. The third-order valence-corrected chi connectivity index (χ3v) is 6.12. The van der Waals surface area contributed by atoms with Crippen molar-refractivity contribution in [2.24, 2.45) is 5.41 Å². The summed E-state index contributed by atoms with van der Waals surface area (Å²) in [6, 6.07) is 8.06. The van der Waals surface area contributed by atoms with E-state index in [-0.39, 0.29) is 0 Å². The zero-order chi connectivity index (χ0) is 14.3. The second-order valence-corrected chi connectivity index (χ2v) is 7.52. The van der Waals surface area contributed by atoms with Gasteiger partial charge in [-0.15, -0.1) is 0 Å². The van der Waals surface area contributed by atoms with E-state index < -0.39 is 0 Å². The molecule has 0 heterocycles. The van der Waals surface area contributed by atoms with Gasteiger partial charge < -0.3 is 10.1 Å². The van der Waals surface area contributed by atoms with Crippen LogP contribution in [0.2, 0.25) is 0 Å². The first kappa shape index (κ1) is 13.6. The summed E-state index contributed by atoms with van der Waals surface area (Å²) in [6.45, 7) is 0. The summed E-state index contributed by atoms with van der Waals surface area (Å²) in [5.74, 6) is 1.00. The van der Waals surface area contributed by atoms with Crippen molar-refractivity contribution in [2.45, 2.75) is 69.9 Å². The molecule has 2 fully saturated rings. The molecule has 21 heavy (non-hydrogen) atoms. The Morgan fingerprint density at radius 2 is 1.81 bits per heavy atom. The highest BCUT2D eigenvalue weighted by molar-refractivity contribution is 5.37. The molecule has 1 spiro atoms. The van der Waals surface area contributed by atoms with E-state index in [0.717, 1.165) is 17.2 Å². The minimum Gasteiger partial charge on any atom is -0.497 e. The SMILES string of the molecule is COc1ccc2c(c1)CCC(NC1CCC3(CC1)CC3)C2. The second kappa shape index (κ2) is 5.31. The van der Waals surface area contributed by atoms with Crippen LogP contribution in [-0.2, 0) is 12.8 Å². The smallest absolute Gasteiger partial charge is 0.119 e. The average Bonchev–Trinajstić information content (AvgIpc) is 3.29. The van der Waals surface area contributed by atoms with E-state index in [1.54, 1.807) is 7.11 Å². The fourth-order valence-corrected chi connectivity index (χ4v) is 4.41. The molecule has 3 aliphatic rings. The largest absolute Gasteiger partial charge is 0.497 e. The molecule has 4 rings (SSSR count). The van der Waals surface area contributed by atoms with Gasteiger partial charge in [0.1, 0.15) is 5.75 Å². The Morgan fingerprint density at radius 1 is 1.00 bits per heavy atom. The van der Waals surface area contributed by atoms with Crippen LogP contribution >= 0.6 is 0 Å². The number of methoxy groups -OCH3 is 1. The Kier molecular flexibility index (Phi) is 3.45. The van der Waals surface area contributed by atoms with E-state index in [4.69, 9.17) is 4.74 Å². The molecule has 1 N–H and O–H groups in total. The minimum atomic E-state index is 0.684. The van der Waals surface area contributed by atoms with Crippen molar-refractivity contribution < 1.29 is 4.74 Å². The van der Waals surface area contributed by atoms with Crippen LogP contribution in [0.5, 0.6) is 5.75 Å². The summed E-state index contributed by atoms with van der Waals surface area (Å²) >= 11 is 0. The highest BCUT2D eigenvalue weighted by Gasteiger charge is 2.44. The number of nitrogens with one attached hydrogen (secondary N) is 1. The van der Waals surface area contributed by atoms with Gasteiger partial charge in [0.2, 0.25) is 0 Å². The minimum absolute atomic E-state index is 0.684. The van der Waals surface area contributed by atoms with Crippen LogP contribution in [0.15, 0.2) is 18.2 Å². The number of hydrogen-bond acceptors (Lipinski definition) is 2. The summed E-state index contributed by atoms with van der Waals surface area (Å²) in [7, 11) is 1.75. The molecule has 2 nitrogen and oxygen atoms in total. The van der Waals surface area contributed by atoms with Gasteiger partial charge in [0.05, 0.1) is 7.11 Å². The van der Waals surface area contributed by atoms with Crippen molar-refractivity contribution in [3.63, 3.8) is 0 Å². The van der Waals surface area contributed by atoms with Gasteiger partial charge in [0, 0.05) is 12.1 Å². The molecule has 0 saturated heterocycles. The Bertz CT molecular complexity index is 510. The predicted molar refractivity (Wildman–Crippen MR) is 85.9 cm³/mol. The van der Waals surface area contributed by atoms with E-state index in [0.29, 0.717) is 6.04 Å². The van der Waals surface area contributed by atoms with Crippen LogP contribution in [0.25, 0.3) is 0 Å². The van der Waals surface area contributed by atoms with Gasteiger partial charge in [-0.3, -0.25) is 0 Å². The van der Waals surface area contributed by atoms with Gasteiger partial charge in [0.25, 0.3) is 0 Å². The Hall–Kier alpha value is -1.02. The normalized spacial score (nSPS) is 27.4. The van der Waals surface area contributed by atoms with Crippen molar-refractivity contribution in [2.75, 3.05) is 7.11 Å². The Balaban J connectivity index is 1.35. The molecule has 1 aromatic carbocycles. The molecule has 0 aromatic heterocycles. The molecular formula is C19H27NO. The number of aryl methyl sites for hydroxylation is 1. The monoisotopic (exact) mass is 285 g/mol. The van der Waals surface area contributed by atoms with Crippen LogP contribution in [0.4, 0.5) is 0 Å². The van der Waals surface area contributed by atoms with Crippen LogP contribution in [-0.4, -0.2) is 19.2 Å². The lowest BCUT2D eigenvalue weighted by Crippen LogP contribution is -2.43. The van der Waals surface area contributed by atoms with Crippen molar-refractivity contribution in [3.8, 4) is 5.75 Å². The van der Waals surface area contributed by atoms with Crippen LogP contribution < -0.4 is 10.1 Å². The van der Waals surface area contributed by atoms with Crippen molar-refractivity contribution >= 4 is 0 Å². The lowest BCUT2D eigenvalue weighted by molar-refractivity contribution is 0.252. The number of benzene rings is 1. The standard InChI is InChI=1S/C19H27NO/c1-21-18-5-3-14-12-17(4-2-15(14)13-18)20-16-6-8-19(9-7-16)10-11-19/h3,5,13,16-17,20H,2,4,6-12H2,1H3. The number of hydrogen-bond donors (Lipinski definition) is 1. The summed E-state index contributed by atoms with van der Waals surface area (Å²) < 4.78 is 5.34. The Morgan fingerprint density at radius 3 is 2.52 bits per heavy atom. The molecule has 0 amide bonds. The van der Waals surface area contributed by atoms with E-state index in [9.17, 15) is 0 Å². The Labute approximate surface area is 128 Å². The zero-order valence-corrected chi connectivity index (χ0v) is 13.2. The van der Waals surface area contributed by atoms with E-state index >= 15 is 0 Å². The molecule has 0 aliphatic heterocycles. The molecule has 0 radical (unpaired) electrons. The first-order valence-corrected chi connectivity index (χ1v) is 8.68. The highest BCUT2D eigenvalue weighted by atomic mass is 16.5. The number of fused-ring (bicyclic) bond motifs is 1. The van der Waals surface area contributed by atoms with Crippen molar-refractivity contribution in [1.82, 2.24) is 5.32 Å². The lowest BCUT2D eigenvalue weighted by atomic mass is 9.82. The molecule has 0 bridgehead atoms. The third-order valence-electron chi connectivity index (χ3n) is 6.12. The topological polar surface area (TPSA) is 21.3 Å². The summed E-state index contributed by atoms with van der Waals surface area (Å²) in [5.41, 5.74) is 3.83. The molecule has 1 unspecified atom stereocenters. The fraction of sp³-hybridized carbons (Fsp3) is 0.684. The van der Waals surface area contributed by atoms with Crippen LogP contribution in [0.1, 0.15) is 56.1 Å². The van der Waals surface area contributed by atoms with E-state index in [2.05, 4.69) is 23.5 Å². The predicted octanol–water partition coefficient (Wildman–Crippen LogP) is 3.86. The summed E-state index contributed by atoms with van der Waals surface area (Å²) in [5, 5.41) is 3.96. The van der Waals surface area contributed by atoms with Crippen molar-refractivity contribution in [1.29, 1.82) is 0 Å². The van der Waals surface area contributed by atoms with Gasteiger partial charge in [-0.1, -0.05) is 6.07 Å². The maximum Gasteiger partial charge on any atom is 0.119 e. The van der Waals surface area contributed by atoms with Gasteiger partial charge >= 0.3 is 0 Å². The van der Waals surface area contributed by atoms with Gasteiger partial charge in [-0.05, 0) is 86.5 Å². The van der Waals surface area contributed by atoms with Crippen molar-refractivity contribution in [3.05, 3.63) is 29.3 Å². The maximum absolute atomic E-state index is 5.34. The zero-order valence-electron chi connectivity index (χ0n) is 13.2. The van der Waals surface area contributed by atoms with Gasteiger partial charge in [-0.25, -0.2) is 0 Å².